The van der Waals surface area contributed by atoms with Crippen molar-refractivity contribution in [1.82, 2.24) is 0 Å². The minimum Gasteiger partial charge on any atom is -0.491 e. The van der Waals surface area contributed by atoms with E-state index in [1.54, 1.807) is 0 Å². The van der Waals surface area contributed by atoms with Gasteiger partial charge in [0.15, 0.2) is 0 Å². The topological polar surface area (TPSA) is 177 Å². The molecule has 0 spiro atoms. The maximum absolute atomic E-state index is 10.6. The van der Waals surface area contributed by atoms with Gasteiger partial charge in [-0.1, -0.05) is 6.07 Å². The number of benzene rings is 1. The third kappa shape index (κ3) is 10.9. The highest BCUT2D eigenvalue weighted by Gasteiger charge is 2.15. The fourth-order valence-electron chi connectivity index (χ4n) is 1.54. The molecule has 0 fully saturated rings. The molecule has 0 amide bonds. The summed E-state index contributed by atoms with van der Waals surface area (Å²) in [5, 5.41) is 18.9. The molecule has 0 aliphatic heterocycles. The predicted octanol–water partition coefficient (Wildman–Crippen LogP) is -1.13. The van der Waals surface area contributed by atoms with E-state index in [9.17, 15) is 27.0 Å². The van der Waals surface area contributed by atoms with Crippen molar-refractivity contribution in [2.45, 2.75) is 12.2 Å². The Labute approximate surface area is 144 Å². The van der Waals surface area contributed by atoms with Crippen LogP contribution in [0.4, 0.5) is 0 Å². The molecule has 13 heteroatoms. The highest BCUT2D eigenvalue weighted by Crippen LogP contribution is 2.19. The van der Waals surface area contributed by atoms with E-state index < -0.39 is 51.7 Å². The Morgan fingerprint density at radius 1 is 0.880 bits per heavy atom. The summed E-state index contributed by atoms with van der Waals surface area (Å²) < 4.78 is 73.2. The molecule has 1 rings (SSSR count). The largest absolute Gasteiger partial charge is 0.491 e. The molecule has 0 saturated carbocycles. The van der Waals surface area contributed by atoms with Crippen molar-refractivity contribution < 1.29 is 49.8 Å². The molecule has 144 valence electrons. The van der Waals surface area contributed by atoms with Crippen LogP contribution in [0.2, 0.25) is 0 Å². The number of rotatable bonds is 11. The summed E-state index contributed by atoms with van der Waals surface area (Å²) in [7, 11) is -8.98. The monoisotopic (exact) mass is 402 g/mol. The number of hydrogen-bond acceptors (Lipinski definition) is 9. The Bertz CT molecular complexity index is 744. The molecule has 25 heavy (non-hydrogen) atoms. The summed E-state index contributed by atoms with van der Waals surface area (Å²) >= 11 is 0. The van der Waals surface area contributed by atoms with E-state index in [4.69, 9.17) is 18.6 Å². The third-order valence-electron chi connectivity index (χ3n) is 2.50. The second-order valence-corrected chi connectivity index (χ2v) is 7.45. The predicted molar refractivity (Wildman–Crippen MR) is 83.4 cm³/mol. The van der Waals surface area contributed by atoms with Gasteiger partial charge in [0.25, 0.3) is 10.1 Å². The lowest BCUT2D eigenvalue weighted by Crippen LogP contribution is -2.26. The van der Waals surface area contributed by atoms with E-state index >= 15 is 0 Å². The van der Waals surface area contributed by atoms with Crippen molar-refractivity contribution in [2.24, 2.45) is 0 Å². The summed E-state index contributed by atoms with van der Waals surface area (Å²) in [5.74, 6) is -0.424. The highest BCUT2D eigenvalue weighted by atomic mass is 32.3. The van der Waals surface area contributed by atoms with Crippen LogP contribution in [-0.2, 0) is 24.7 Å². The van der Waals surface area contributed by atoms with Crippen LogP contribution in [0.3, 0.4) is 0 Å². The van der Waals surface area contributed by atoms with Gasteiger partial charge in [0.05, 0.1) is 6.61 Å². The molecule has 2 atom stereocenters. The third-order valence-corrected chi connectivity index (χ3v) is 3.74. The summed E-state index contributed by atoms with van der Waals surface area (Å²) in [6.45, 7) is -1.44. The Kier molecular flexibility index (Phi) is 8.01. The number of aliphatic hydroxyl groups excluding tert-OH is 2. The van der Waals surface area contributed by atoms with Gasteiger partial charge < -0.3 is 19.7 Å². The second-order valence-electron chi connectivity index (χ2n) is 4.87. The fraction of sp³-hybridized carbons (Fsp3) is 0.500. The average molecular weight is 402 g/mol. The molecule has 0 unspecified atom stereocenters. The molecule has 0 bridgehead atoms. The van der Waals surface area contributed by atoms with Crippen molar-refractivity contribution in [2.75, 3.05) is 25.6 Å². The standard InChI is InChI=1S/C12H18O11S2/c13-9(7-23-25(18,19)20)5-21-11-2-1-3-12(4-11)22-6-10(14)8-24(15,16)17/h1-4,9-10,13-14H,5-8H2,(H,15,16,17)(H,18,19,20)/t9-,10-/m1/s1. The van der Waals surface area contributed by atoms with E-state index in [0.29, 0.717) is 0 Å². The first-order valence-corrected chi connectivity index (χ1v) is 9.71. The molecule has 1 aromatic carbocycles. The molecular weight excluding hydrogens is 384 g/mol. The van der Waals surface area contributed by atoms with Crippen LogP contribution in [-0.4, -0.2) is 73.9 Å². The Balaban J connectivity index is 2.46. The molecule has 4 N–H and O–H groups in total. The normalized spacial score (nSPS) is 14.7. The van der Waals surface area contributed by atoms with Gasteiger partial charge in [-0.3, -0.25) is 9.11 Å². The Morgan fingerprint density at radius 2 is 1.40 bits per heavy atom. The van der Waals surface area contributed by atoms with Crippen LogP contribution in [0.25, 0.3) is 0 Å². The molecule has 0 heterocycles. The molecule has 0 aliphatic rings. The van der Waals surface area contributed by atoms with Crippen LogP contribution < -0.4 is 9.47 Å². The van der Waals surface area contributed by atoms with Crippen molar-refractivity contribution in [3.63, 3.8) is 0 Å². The molecule has 1 aromatic rings. The van der Waals surface area contributed by atoms with Crippen molar-refractivity contribution in [1.29, 1.82) is 0 Å². The maximum atomic E-state index is 10.6. The lowest BCUT2D eigenvalue weighted by Gasteiger charge is -2.14. The quantitative estimate of drug-likeness (QED) is 0.329. The Morgan fingerprint density at radius 3 is 1.88 bits per heavy atom. The fourth-order valence-corrected chi connectivity index (χ4v) is 2.45. The Hall–Kier alpha value is -1.48. The molecule has 11 nitrogen and oxygen atoms in total. The molecule has 0 radical (unpaired) electrons. The minimum atomic E-state index is -4.66. The molecular formula is C12H18O11S2. The van der Waals surface area contributed by atoms with Crippen LogP contribution in [0.15, 0.2) is 24.3 Å². The number of ether oxygens (including phenoxy) is 2. The van der Waals surface area contributed by atoms with Crippen molar-refractivity contribution in [3.8, 4) is 11.5 Å². The van der Waals surface area contributed by atoms with Crippen LogP contribution in [0.1, 0.15) is 0 Å². The number of hydrogen-bond donors (Lipinski definition) is 4. The first-order chi connectivity index (χ1) is 11.4. The minimum absolute atomic E-state index is 0.218. The summed E-state index contributed by atoms with van der Waals surface area (Å²) in [6, 6.07) is 5.88. The van der Waals surface area contributed by atoms with E-state index in [-0.39, 0.29) is 18.1 Å². The van der Waals surface area contributed by atoms with Crippen molar-refractivity contribution in [3.05, 3.63) is 24.3 Å². The van der Waals surface area contributed by atoms with E-state index in [1.807, 2.05) is 0 Å². The zero-order valence-corrected chi connectivity index (χ0v) is 14.4. The smallest absolute Gasteiger partial charge is 0.397 e. The average Bonchev–Trinajstić information content (AvgIpc) is 2.47. The molecule has 0 aliphatic carbocycles. The van der Waals surface area contributed by atoms with Gasteiger partial charge in [0, 0.05) is 6.07 Å². The SMILES string of the molecule is O=S(=O)(O)C[C@H](O)COc1cccc(OC[C@@H](O)COS(=O)(=O)O)c1. The maximum Gasteiger partial charge on any atom is 0.397 e. The van der Waals surface area contributed by atoms with E-state index in [0.717, 1.165) is 0 Å². The van der Waals surface area contributed by atoms with Gasteiger partial charge in [-0.05, 0) is 12.1 Å². The first-order valence-electron chi connectivity index (χ1n) is 6.73. The molecule has 0 aromatic heterocycles. The van der Waals surface area contributed by atoms with Gasteiger partial charge >= 0.3 is 10.4 Å². The van der Waals surface area contributed by atoms with Crippen LogP contribution >= 0.6 is 0 Å². The number of aliphatic hydroxyl groups is 2. The molecule has 0 saturated heterocycles. The lowest BCUT2D eigenvalue weighted by molar-refractivity contribution is 0.0602. The zero-order valence-electron chi connectivity index (χ0n) is 12.8. The van der Waals surface area contributed by atoms with E-state index in [1.165, 1.54) is 24.3 Å². The zero-order chi connectivity index (χ0) is 19.1. The van der Waals surface area contributed by atoms with Gasteiger partial charge in [-0.2, -0.15) is 16.8 Å². The van der Waals surface area contributed by atoms with Gasteiger partial charge in [-0.15, -0.1) is 0 Å². The van der Waals surface area contributed by atoms with Crippen LogP contribution in [0.5, 0.6) is 11.5 Å². The van der Waals surface area contributed by atoms with Gasteiger partial charge in [0.2, 0.25) is 0 Å². The second kappa shape index (κ2) is 9.28. The highest BCUT2D eigenvalue weighted by molar-refractivity contribution is 7.85. The first kappa shape index (κ1) is 21.6. The van der Waals surface area contributed by atoms with Crippen LogP contribution in [0, 0.1) is 0 Å². The van der Waals surface area contributed by atoms with Crippen molar-refractivity contribution >= 4 is 20.5 Å². The lowest BCUT2D eigenvalue weighted by atomic mass is 10.3. The van der Waals surface area contributed by atoms with Gasteiger partial charge in [-0.25, -0.2) is 4.18 Å². The summed E-state index contributed by atoms with van der Waals surface area (Å²) in [5.41, 5.74) is 0. The van der Waals surface area contributed by atoms with E-state index in [2.05, 4.69) is 4.18 Å². The van der Waals surface area contributed by atoms with Gasteiger partial charge in [0.1, 0.15) is 42.7 Å². The summed E-state index contributed by atoms with van der Waals surface area (Å²) in [4.78, 5) is 0. The summed E-state index contributed by atoms with van der Waals surface area (Å²) in [6.07, 6.45) is -2.76.